The minimum absolute atomic E-state index is 0.927. The molecule has 0 aliphatic carbocycles. The first-order chi connectivity index (χ1) is 8.38. The van der Waals surface area contributed by atoms with Gasteiger partial charge in [-0.25, -0.2) is 0 Å². The molecule has 2 aromatic rings. The van der Waals surface area contributed by atoms with Crippen LogP contribution in [0.2, 0.25) is 0 Å². The van der Waals surface area contributed by atoms with Gasteiger partial charge in [-0.3, -0.25) is 10.8 Å². The average molecular weight is 228 g/mol. The summed E-state index contributed by atoms with van der Waals surface area (Å²) >= 11 is 0. The highest BCUT2D eigenvalue weighted by Gasteiger charge is 2.13. The van der Waals surface area contributed by atoms with Crippen molar-refractivity contribution in [3.63, 3.8) is 0 Å². The van der Waals surface area contributed by atoms with Gasteiger partial charge in [-0.2, -0.15) is 0 Å². The standard InChI is InChI=1S/C13H16N4/c14-16-13-5-6-15-12-4-3-10(9-11(12)13)17-7-1-2-8-17/h3-6,9H,1-2,7-8,14H2,(H,15,16). The minimum Gasteiger partial charge on any atom is -0.372 e. The van der Waals surface area contributed by atoms with Crippen LogP contribution < -0.4 is 16.2 Å². The molecule has 1 aliphatic heterocycles. The quantitative estimate of drug-likeness (QED) is 0.610. The van der Waals surface area contributed by atoms with Crippen LogP contribution >= 0.6 is 0 Å². The van der Waals surface area contributed by atoms with Crippen molar-refractivity contribution in [2.45, 2.75) is 12.8 Å². The fraction of sp³-hybridized carbons (Fsp3) is 0.308. The van der Waals surface area contributed by atoms with Crippen molar-refractivity contribution in [2.75, 3.05) is 23.4 Å². The van der Waals surface area contributed by atoms with Crippen LogP contribution in [0, 0.1) is 0 Å². The molecule has 1 fully saturated rings. The van der Waals surface area contributed by atoms with Crippen LogP contribution in [0.15, 0.2) is 30.5 Å². The number of fused-ring (bicyclic) bond motifs is 1. The highest BCUT2D eigenvalue weighted by Crippen LogP contribution is 2.27. The minimum atomic E-state index is 0.927. The smallest absolute Gasteiger partial charge is 0.0724 e. The zero-order valence-corrected chi connectivity index (χ0v) is 9.69. The number of aromatic nitrogens is 1. The average Bonchev–Trinajstić information content (AvgIpc) is 2.91. The van der Waals surface area contributed by atoms with Gasteiger partial charge < -0.3 is 10.3 Å². The fourth-order valence-electron chi connectivity index (χ4n) is 2.43. The number of nitrogen functional groups attached to an aromatic ring is 1. The van der Waals surface area contributed by atoms with Gasteiger partial charge in [-0.15, -0.1) is 0 Å². The third kappa shape index (κ3) is 1.80. The Morgan fingerprint density at radius 3 is 2.76 bits per heavy atom. The summed E-state index contributed by atoms with van der Waals surface area (Å²) in [5.41, 5.74) is 5.89. The van der Waals surface area contributed by atoms with Gasteiger partial charge in [-0.1, -0.05) is 0 Å². The number of hydrazine groups is 1. The summed E-state index contributed by atoms with van der Waals surface area (Å²) in [6.07, 6.45) is 4.34. The Morgan fingerprint density at radius 1 is 1.18 bits per heavy atom. The Balaban J connectivity index is 2.10. The van der Waals surface area contributed by atoms with Crippen molar-refractivity contribution >= 4 is 22.3 Å². The van der Waals surface area contributed by atoms with Crippen LogP contribution in [0.25, 0.3) is 10.9 Å². The third-order valence-corrected chi connectivity index (χ3v) is 3.35. The van der Waals surface area contributed by atoms with Crippen LogP contribution in [0.3, 0.4) is 0 Å². The largest absolute Gasteiger partial charge is 0.372 e. The molecule has 88 valence electrons. The molecule has 17 heavy (non-hydrogen) atoms. The van der Waals surface area contributed by atoms with E-state index in [1.807, 2.05) is 6.07 Å². The number of nitrogens with zero attached hydrogens (tertiary/aromatic N) is 2. The summed E-state index contributed by atoms with van der Waals surface area (Å²) in [5, 5.41) is 1.08. The number of nitrogens with two attached hydrogens (primary N) is 1. The van der Waals surface area contributed by atoms with E-state index >= 15 is 0 Å². The van der Waals surface area contributed by atoms with Gasteiger partial charge in [0, 0.05) is 30.4 Å². The topological polar surface area (TPSA) is 54.2 Å². The Bertz CT molecular complexity index is 532. The zero-order chi connectivity index (χ0) is 11.7. The lowest BCUT2D eigenvalue weighted by Gasteiger charge is -2.18. The predicted octanol–water partition coefficient (Wildman–Crippen LogP) is 2.12. The number of benzene rings is 1. The van der Waals surface area contributed by atoms with Crippen molar-refractivity contribution in [2.24, 2.45) is 5.84 Å². The second-order valence-corrected chi connectivity index (χ2v) is 4.40. The maximum atomic E-state index is 5.53. The fourth-order valence-corrected chi connectivity index (χ4v) is 2.43. The van der Waals surface area contributed by atoms with Crippen molar-refractivity contribution in [3.8, 4) is 0 Å². The second-order valence-electron chi connectivity index (χ2n) is 4.40. The van der Waals surface area contributed by atoms with Crippen molar-refractivity contribution in [3.05, 3.63) is 30.5 Å². The van der Waals surface area contributed by atoms with E-state index in [0.717, 1.165) is 29.7 Å². The molecular weight excluding hydrogens is 212 g/mol. The van der Waals surface area contributed by atoms with E-state index in [9.17, 15) is 0 Å². The van der Waals surface area contributed by atoms with Crippen molar-refractivity contribution < 1.29 is 0 Å². The molecule has 0 atom stereocenters. The number of pyridine rings is 1. The summed E-state index contributed by atoms with van der Waals surface area (Å²) in [5.74, 6) is 5.53. The number of nitrogens with one attached hydrogen (secondary N) is 1. The normalized spacial score (nSPS) is 15.5. The summed E-state index contributed by atoms with van der Waals surface area (Å²) in [6, 6.07) is 8.27. The van der Waals surface area contributed by atoms with Gasteiger partial charge >= 0.3 is 0 Å². The molecule has 1 saturated heterocycles. The molecule has 0 radical (unpaired) electrons. The molecule has 1 aromatic heterocycles. The first-order valence-electron chi connectivity index (χ1n) is 5.99. The molecule has 3 rings (SSSR count). The lowest BCUT2D eigenvalue weighted by Crippen LogP contribution is -2.17. The van der Waals surface area contributed by atoms with E-state index in [-0.39, 0.29) is 0 Å². The molecule has 0 spiro atoms. The highest BCUT2D eigenvalue weighted by molar-refractivity contribution is 5.93. The molecule has 1 aromatic carbocycles. The van der Waals surface area contributed by atoms with Gasteiger partial charge in [0.15, 0.2) is 0 Å². The Hall–Kier alpha value is -1.81. The molecule has 0 amide bonds. The first-order valence-corrected chi connectivity index (χ1v) is 5.99. The number of hydrogen-bond acceptors (Lipinski definition) is 4. The van der Waals surface area contributed by atoms with Gasteiger partial charge in [0.25, 0.3) is 0 Å². The van der Waals surface area contributed by atoms with Gasteiger partial charge in [0.1, 0.15) is 0 Å². The van der Waals surface area contributed by atoms with Crippen LogP contribution in [-0.4, -0.2) is 18.1 Å². The maximum Gasteiger partial charge on any atom is 0.0724 e. The summed E-state index contributed by atoms with van der Waals surface area (Å²) in [7, 11) is 0. The van der Waals surface area contributed by atoms with Gasteiger partial charge in [0.05, 0.1) is 11.2 Å². The first kappa shape index (κ1) is 10.4. The van der Waals surface area contributed by atoms with Gasteiger partial charge in [-0.05, 0) is 37.1 Å². The van der Waals surface area contributed by atoms with E-state index in [4.69, 9.17) is 5.84 Å². The lowest BCUT2D eigenvalue weighted by atomic mass is 10.1. The molecule has 3 N–H and O–H groups in total. The lowest BCUT2D eigenvalue weighted by molar-refractivity contribution is 0.949. The highest BCUT2D eigenvalue weighted by atomic mass is 15.2. The number of anilines is 2. The van der Waals surface area contributed by atoms with Crippen LogP contribution in [0.5, 0.6) is 0 Å². The second kappa shape index (κ2) is 4.22. The summed E-state index contributed by atoms with van der Waals surface area (Å²) in [4.78, 5) is 6.75. The molecule has 1 aliphatic rings. The maximum absolute atomic E-state index is 5.53. The molecule has 0 unspecified atom stereocenters. The van der Waals surface area contributed by atoms with E-state index in [2.05, 4.69) is 33.5 Å². The van der Waals surface area contributed by atoms with E-state index < -0.39 is 0 Å². The summed E-state index contributed by atoms with van der Waals surface area (Å²) in [6.45, 7) is 2.30. The Labute approximate surface area is 100 Å². The third-order valence-electron chi connectivity index (χ3n) is 3.35. The van der Waals surface area contributed by atoms with Crippen molar-refractivity contribution in [1.82, 2.24) is 4.98 Å². The van der Waals surface area contributed by atoms with Crippen LogP contribution in [0.1, 0.15) is 12.8 Å². The molecule has 4 heteroatoms. The van der Waals surface area contributed by atoms with E-state index in [1.54, 1.807) is 6.20 Å². The molecule has 0 saturated carbocycles. The number of hydrogen-bond donors (Lipinski definition) is 2. The number of rotatable bonds is 2. The van der Waals surface area contributed by atoms with Gasteiger partial charge in [0.2, 0.25) is 0 Å². The van der Waals surface area contributed by atoms with Crippen LogP contribution in [-0.2, 0) is 0 Å². The molecular formula is C13H16N4. The monoisotopic (exact) mass is 228 g/mol. The van der Waals surface area contributed by atoms with Crippen LogP contribution in [0.4, 0.5) is 11.4 Å². The van der Waals surface area contributed by atoms with E-state index in [0.29, 0.717) is 0 Å². The van der Waals surface area contributed by atoms with E-state index in [1.165, 1.54) is 18.5 Å². The Morgan fingerprint density at radius 2 is 2.00 bits per heavy atom. The molecule has 4 nitrogen and oxygen atoms in total. The summed E-state index contributed by atoms with van der Waals surface area (Å²) < 4.78 is 0. The zero-order valence-electron chi connectivity index (χ0n) is 9.69. The SMILES string of the molecule is NNc1ccnc2ccc(N3CCCC3)cc12. The molecule has 0 bridgehead atoms. The predicted molar refractivity (Wildman–Crippen MR) is 71.0 cm³/mol. The Kier molecular flexibility index (Phi) is 2.57. The van der Waals surface area contributed by atoms with Crippen molar-refractivity contribution in [1.29, 1.82) is 0 Å². The molecule has 2 heterocycles.